The summed E-state index contributed by atoms with van der Waals surface area (Å²) in [6, 6.07) is 0. The van der Waals surface area contributed by atoms with E-state index in [1.807, 2.05) is 20.8 Å². The van der Waals surface area contributed by atoms with Gasteiger partial charge in [-0.1, -0.05) is 60.1 Å². The number of rotatable bonds is 19. The van der Waals surface area contributed by atoms with E-state index in [1.54, 1.807) is 0 Å². The molecular weight excluding hydrogens is 1330 g/mol. The van der Waals surface area contributed by atoms with E-state index in [-0.39, 0.29) is 24.2 Å². The van der Waals surface area contributed by atoms with Crippen LogP contribution in [0.1, 0.15) is 128 Å². The largest absolute Gasteiger partial charge is 0.479 e. The molecule has 100 heavy (non-hydrogen) atoms. The number of carboxylic acid groups (broad SMARTS) is 1. The van der Waals surface area contributed by atoms with Crippen LogP contribution >= 0.6 is 0 Å². The van der Waals surface area contributed by atoms with Crippen LogP contribution in [0.2, 0.25) is 0 Å². The molecule has 5 aliphatic heterocycles. The molecule has 9 fully saturated rings. The number of ether oxygens (including phenoxy) is 14. The molecule has 35 atom stereocenters. The molecule has 10 aliphatic rings. The lowest BCUT2D eigenvalue weighted by Crippen LogP contribution is -2.69. The van der Waals surface area contributed by atoms with E-state index < -0.39 is 261 Å². The van der Waals surface area contributed by atoms with Gasteiger partial charge in [0.25, 0.3) is 0 Å². The Kier molecular flexibility index (Phi) is 23.5. The first-order valence-corrected chi connectivity index (χ1v) is 34.5. The average molecular weight is 1440 g/mol. The van der Waals surface area contributed by atoms with Gasteiger partial charge in [-0.05, 0) is 90.8 Å². The molecule has 5 aliphatic carbocycles. The van der Waals surface area contributed by atoms with E-state index in [0.717, 1.165) is 27.7 Å². The lowest BCUT2D eigenvalue weighted by Gasteiger charge is -2.72. The Labute approximate surface area is 578 Å². The van der Waals surface area contributed by atoms with E-state index >= 15 is 0 Å². The molecule has 10 rings (SSSR count). The standard InChI is InChI=1S/C67H104O33/c1-26(71)87-24-35-48(89-27(2)72)52(90-28(3)73)53(91-29(4)74)61(94-35)96-47-32(75)23-88-57(46(47)83)100-55-54(84)62(5,6)20-31-30-12-13-37-64(8)16-15-38(65(9,25-70)36(64)14-17-67(37,11)66(30,10)19-18-63(31,55)7)95-60-51(44(81)43(80)49(97-60)56(85)86)99-59-50(42(79)40(77)34(22-69)93-59)98-58-45(82)41(78)39(76)33(21-68)92-58/h12,31-55,57-61,68-70,75-84H,13-25H2,1-11H3,(H,85,86)/t31-,32-,33+,34+,35+,36+,37+,38-,39+,40-,41-,42-,43-,44-,45+,46+,47-,48+,49-,50+,51+,52-,53+,54-,55+,57-,58-,59-,60+,61-,63+,64-,65+,66+,67+/m1/s1. The predicted octanol–water partition coefficient (Wildman–Crippen LogP) is -2.78. The SMILES string of the molecule is CC(=O)OC[C@@H]1O[C@H](O[C@H]2[C@H](O)[C@@H](O[C@H]3[C@@H](O)C(C)(C)C[C@@H]4C5=CC[C@H]6[C@]7(C)CC[C@@H](O[C@H]8O[C@@H](C(=O)O)[C@H](O)[C@@H](O)[C@@H]8O[C@H]8O[C@@H](CO)[C@@H](O)[C@@H](O)[C@@H]8O[C@H]8O[C@@H](CO)[C@H](O)[C@@H](O)[C@@H]8O)[C@@](C)(CO)[C@H]7CC[C@]6(C)[C@@]5(C)CC[C@@]43C)OC[C@H]2O)[C@@H](OC(C)=O)[C@H](OC(C)=O)[C@H]1OC(C)=O. The number of hydrogen-bond donors (Lipinski definition) is 14. The van der Waals surface area contributed by atoms with Gasteiger partial charge in [-0.15, -0.1) is 0 Å². The van der Waals surface area contributed by atoms with E-state index in [4.69, 9.17) is 66.3 Å². The van der Waals surface area contributed by atoms with Crippen molar-refractivity contribution < 1.29 is 162 Å². The Morgan fingerprint density at radius 3 is 1.66 bits per heavy atom. The second-order valence-corrected chi connectivity index (χ2v) is 31.2. The first-order chi connectivity index (χ1) is 46.8. The van der Waals surface area contributed by atoms with Crippen LogP contribution in [0.5, 0.6) is 0 Å². The van der Waals surface area contributed by atoms with Gasteiger partial charge in [-0.25, -0.2) is 4.79 Å². The molecule has 33 nitrogen and oxygen atoms in total. The van der Waals surface area contributed by atoms with Crippen LogP contribution in [-0.4, -0.2) is 300 Å². The highest BCUT2D eigenvalue weighted by Gasteiger charge is 2.71. The number of aliphatic hydroxyl groups is 13. The monoisotopic (exact) mass is 1440 g/mol. The van der Waals surface area contributed by atoms with Crippen LogP contribution in [0.15, 0.2) is 11.6 Å². The summed E-state index contributed by atoms with van der Waals surface area (Å²) >= 11 is 0. The highest BCUT2D eigenvalue weighted by Crippen LogP contribution is 2.76. The topological polar surface area (TPSA) is 498 Å². The molecule has 0 aromatic heterocycles. The van der Waals surface area contributed by atoms with Crippen molar-refractivity contribution in [2.45, 2.75) is 293 Å². The highest BCUT2D eigenvalue weighted by atomic mass is 16.8. The van der Waals surface area contributed by atoms with Crippen molar-refractivity contribution in [2.24, 2.45) is 50.2 Å². The van der Waals surface area contributed by atoms with E-state index in [1.165, 1.54) is 5.57 Å². The van der Waals surface area contributed by atoms with Gasteiger partial charge < -0.3 is 138 Å². The fraction of sp³-hybridized carbons (Fsp3) is 0.896. The van der Waals surface area contributed by atoms with Crippen LogP contribution in [0.25, 0.3) is 0 Å². The Bertz CT molecular complexity index is 2950. The summed E-state index contributed by atoms with van der Waals surface area (Å²) in [5, 5.41) is 156. The zero-order valence-corrected chi connectivity index (χ0v) is 58.1. The zero-order valence-electron chi connectivity index (χ0n) is 58.1. The first-order valence-electron chi connectivity index (χ1n) is 34.5. The fourth-order valence-electron chi connectivity index (χ4n) is 19.0. The van der Waals surface area contributed by atoms with Gasteiger partial charge in [0.1, 0.15) is 98.2 Å². The van der Waals surface area contributed by atoms with Crippen molar-refractivity contribution in [3.63, 3.8) is 0 Å². The molecule has 0 aromatic rings. The first kappa shape index (κ1) is 78.8. The minimum atomic E-state index is -2.19. The van der Waals surface area contributed by atoms with Gasteiger partial charge in [0.15, 0.2) is 55.9 Å². The summed E-state index contributed by atoms with van der Waals surface area (Å²) in [7, 11) is 0. The van der Waals surface area contributed by atoms with Gasteiger partial charge in [-0.3, -0.25) is 19.2 Å². The molecule has 0 unspecified atom stereocenters. The minimum Gasteiger partial charge on any atom is -0.479 e. The molecule has 0 amide bonds. The number of esters is 4. The molecule has 0 radical (unpaired) electrons. The van der Waals surface area contributed by atoms with Crippen molar-refractivity contribution in [3.8, 4) is 0 Å². The van der Waals surface area contributed by atoms with E-state index in [0.29, 0.717) is 44.9 Å². The second-order valence-electron chi connectivity index (χ2n) is 31.2. The van der Waals surface area contributed by atoms with Gasteiger partial charge in [0, 0.05) is 38.5 Å². The number of carboxylic acids is 1. The fourth-order valence-corrected chi connectivity index (χ4v) is 19.0. The van der Waals surface area contributed by atoms with Gasteiger partial charge in [-0.2, -0.15) is 0 Å². The number of aliphatic carboxylic acids is 1. The van der Waals surface area contributed by atoms with Crippen LogP contribution in [0, 0.1) is 50.2 Å². The van der Waals surface area contributed by atoms with Crippen molar-refractivity contribution >= 4 is 29.8 Å². The molecule has 0 aromatic carbocycles. The van der Waals surface area contributed by atoms with E-state index in [2.05, 4.69) is 33.8 Å². The normalized spacial score (nSPS) is 50.0. The quantitative estimate of drug-likeness (QED) is 0.0269. The molecule has 5 saturated heterocycles. The molecular formula is C67H104O33. The molecule has 570 valence electrons. The summed E-state index contributed by atoms with van der Waals surface area (Å²) in [5.41, 5.74) is -2.96. The summed E-state index contributed by atoms with van der Waals surface area (Å²) in [5.74, 6) is -5.61. The van der Waals surface area contributed by atoms with Crippen molar-refractivity contribution in [1.29, 1.82) is 0 Å². The van der Waals surface area contributed by atoms with Crippen molar-refractivity contribution in [1.82, 2.24) is 0 Å². The number of hydrogen-bond acceptors (Lipinski definition) is 32. The lowest BCUT2D eigenvalue weighted by molar-refractivity contribution is -0.397. The maximum Gasteiger partial charge on any atom is 0.335 e. The Hall–Kier alpha value is -3.83. The summed E-state index contributed by atoms with van der Waals surface area (Å²) in [6.45, 7) is 15.7. The Balaban J connectivity index is 0.893. The highest BCUT2D eigenvalue weighted by molar-refractivity contribution is 5.73. The van der Waals surface area contributed by atoms with E-state index in [9.17, 15) is 95.5 Å². The van der Waals surface area contributed by atoms with Crippen LogP contribution in [0.4, 0.5) is 0 Å². The smallest absolute Gasteiger partial charge is 0.335 e. The van der Waals surface area contributed by atoms with Gasteiger partial charge in [0.05, 0.1) is 44.7 Å². The van der Waals surface area contributed by atoms with Gasteiger partial charge in [0.2, 0.25) is 0 Å². The number of allylic oxidation sites excluding steroid dienone is 2. The molecule has 4 saturated carbocycles. The number of carbonyl (C=O) groups excluding carboxylic acids is 4. The van der Waals surface area contributed by atoms with Crippen molar-refractivity contribution in [2.75, 3.05) is 33.0 Å². The molecule has 33 heteroatoms. The molecule has 14 N–H and O–H groups in total. The zero-order chi connectivity index (χ0) is 73.6. The predicted molar refractivity (Wildman–Crippen MR) is 331 cm³/mol. The average Bonchev–Trinajstić information content (AvgIpc) is 0.673. The maximum atomic E-state index is 12.7. The van der Waals surface area contributed by atoms with Crippen LogP contribution in [-0.2, 0) is 90.3 Å². The van der Waals surface area contributed by atoms with Gasteiger partial charge >= 0.3 is 29.8 Å². The second kappa shape index (κ2) is 29.8. The Morgan fingerprint density at radius 1 is 0.510 bits per heavy atom. The third kappa shape index (κ3) is 14.1. The maximum absolute atomic E-state index is 12.7. The number of aliphatic hydroxyl groups excluding tert-OH is 13. The molecule has 0 bridgehead atoms. The van der Waals surface area contributed by atoms with Crippen molar-refractivity contribution in [3.05, 3.63) is 11.6 Å². The van der Waals surface area contributed by atoms with Crippen LogP contribution < -0.4 is 0 Å². The summed E-state index contributed by atoms with van der Waals surface area (Å²) in [6.07, 6.45) is -40.3. The molecule has 0 spiro atoms. The summed E-state index contributed by atoms with van der Waals surface area (Å²) in [4.78, 5) is 62.5. The molecule has 5 heterocycles. The third-order valence-corrected chi connectivity index (χ3v) is 24.7. The lowest BCUT2D eigenvalue weighted by atomic mass is 9.33. The number of carbonyl (C=O) groups is 5. The number of fused-ring (bicyclic) bond motifs is 7. The third-order valence-electron chi connectivity index (χ3n) is 24.7. The summed E-state index contributed by atoms with van der Waals surface area (Å²) < 4.78 is 83.5. The minimum absolute atomic E-state index is 0.0184. The Morgan fingerprint density at radius 2 is 1.06 bits per heavy atom. The van der Waals surface area contributed by atoms with Crippen LogP contribution in [0.3, 0.4) is 0 Å².